The minimum absolute atomic E-state index is 0.338. The van der Waals surface area contributed by atoms with Crippen LogP contribution in [0, 0.1) is 0 Å². The van der Waals surface area contributed by atoms with Crippen molar-refractivity contribution in [3.05, 3.63) is 24.6 Å². The number of nitrogens with one attached hydrogen (secondary N) is 1. The van der Waals surface area contributed by atoms with Gasteiger partial charge in [-0.3, -0.25) is 4.48 Å². The lowest BCUT2D eigenvalue weighted by Crippen LogP contribution is -2.57. The van der Waals surface area contributed by atoms with E-state index in [9.17, 15) is 5.11 Å². The molecule has 1 rings (SSSR count). The molecule has 3 nitrogen and oxygen atoms in total. The van der Waals surface area contributed by atoms with Crippen LogP contribution in [0.3, 0.4) is 0 Å². The summed E-state index contributed by atoms with van der Waals surface area (Å²) in [5.74, 6) is 0. The number of aliphatic hydroxyl groups excluding tert-OH is 1. The molecule has 0 saturated carbocycles. The Labute approximate surface area is 188 Å². The molecule has 1 aliphatic heterocycles. The van der Waals surface area contributed by atoms with Crippen LogP contribution >= 0.6 is 0 Å². The molecular formula is C27H53N2O+. The van der Waals surface area contributed by atoms with E-state index in [0.29, 0.717) is 10.6 Å². The van der Waals surface area contributed by atoms with Gasteiger partial charge in [0, 0.05) is 13.3 Å². The molecular weight excluding hydrogens is 368 g/mol. The first-order valence-corrected chi connectivity index (χ1v) is 13.3. The summed E-state index contributed by atoms with van der Waals surface area (Å²) >= 11 is 0. The molecule has 0 fully saturated rings. The molecule has 3 unspecified atom stereocenters. The zero-order valence-corrected chi connectivity index (χ0v) is 20.6. The molecule has 0 saturated heterocycles. The molecule has 0 bridgehead atoms. The molecule has 0 aromatic rings. The van der Waals surface area contributed by atoms with Gasteiger partial charge in [-0.15, -0.1) is 0 Å². The predicted molar refractivity (Wildman–Crippen MR) is 132 cm³/mol. The van der Waals surface area contributed by atoms with Crippen molar-refractivity contribution in [3.8, 4) is 0 Å². The second kappa shape index (κ2) is 17.8. The molecule has 0 aromatic heterocycles. The maximum Gasteiger partial charge on any atom is 0.193 e. The summed E-state index contributed by atoms with van der Waals surface area (Å²) in [5, 5.41) is 13.7. The van der Waals surface area contributed by atoms with Crippen LogP contribution in [0.4, 0.5) is 0 Å². The van der Waals surface area contributed by atoms with Crippen LogP contribution in [0.25, 0.3) is 0 Å². The molecule has 176 valence electrons. The molecule has 0 radical (unpaired) electrons. The minimum atomic E-state index is -0.338. The van der Waals surface area contributed by atoms with Gasteiger partial charge in [-0.05, 0) is 39.0 Å². The SMILES string of the molecule is CCCCCCCCCC/C=C/CCCCCCCCC1NC=C[N+]1(CC)C(C)O. The highest BCUT2D eigenvalue weighted by Crippen LogP contribution is 2.25. The molecule has 0 amide bonds. The Kier molecular flexibility index (Phi) is 16.2. The average molecular weight is 422 g/mol. The van der Waals surface area contributed by atoms with Gasteiger partial charge in [0.1, 0.15) is 6.20 Å². The van der Waals surface area contributed by atoms with Crippen molar-refractivity contribution in [1.29, 1.82) is 0 Å². The van der Waals surface area contributed by atoms with Crippen LogP contribution < -0.4 is 5.32 Å². The third-order valence-electron chi connectivity index (χ3n) is 6.95. The molecule has 0 aliphatic carbocycles. The van der Waals surface area contributed by atoms with Crippen LogP contribution in [-0.2, 0) is 0 Å². The van der Waals surface area contributed by atoms with Gasteiger partial charge in [0.15, 0.2) is 12.4 Å². The first-order chi connectivity index (χ1) is 14.7. The average Bonchev–Trinajstić information content (AvgIpc) is 3.17. The number of aliphatic hydroxyl groups is 1. The van der Waals surface area contributed by atoms with Crippen LogP contribution in [0.15, 0.2) is 24.6 Å². The van der Waals surface area contributed by atoms with Gasteiger partial charge in [0.2, 0.25) is 0 Å². The number of nitrogens with zero attached hydrogens (tertiary/aromatic N) is 1. The largest absolute Gasteiger partial charge is 0.345 e. The lowest BCUT2D eigenvalue weighted by molar-refractivity contribution is -0.942. The summed E-state index contributed by atoms with van der Waals surface area (Å²) in [6.07, 6.45) is 32.0. The Balaban J connectivity index is 1.87. The van der Waals surface area contributed by atoms with E-state index in [0.717, 1.165) is 13.0 Å². The van der Waals surface area contributed by atoms with E-state index >= 15 is 0 Å². The van der Waals surface area contributed by atoms with Gasteiger partial charge in [-0.1, -0.05) is 89.7 Å². The van der Waals surface area contributed by atoms with Gasteiger partial charge in [0.05, 0.1) is 12.7 Å². The molecule has 2 N–H and O–H groups in total. The zero-order chi connectivity index (χ0) is 21.9. The van der Waals surface area contributed by atoms with Crippen molar-refractivity contribution >= 4 is 0 Å². The van der Waals surface area contributed by atoms with Gasteiger partial charge < -0.3 is 10.4 Å². The van der Waals surface area contributed by atoms with Crippen molar-refractivity contribution < 1.29 is 9.59 Å². The number of unbranched alkanes of at least 4 members (excludes halogenated alkanes) is 14. The predicted octanol–water partition coefficient (Wildman–Crippen LogP) is 7.77. The van der Waals surface area contributed by atoms with Gasteiger partial charge >= 0.3 is 0 Å². The molecule has 1 heterocycles. The fraction of sp³-hybridized carbons (Fsp3) is 0.852. The highest BCUT2D eigenvalue weighted by molar-refractivity contribution is 4.84. The van der Waals surface area contributed by atoms with E-state index in [-0.39, 0.29) is 6.23 Å². The number of hydrogen-bond donors (Lipinski definition) is 2. The normalized spacial score (nSPS) is 22.1. The quantitative estimate of drug-likeness (QED) is 0.119. The van der Waals surface area contributed by atoms with Crippen LogP contribution in [0.5, 0.6) is 0 Å². The summed E-state index contributed by atoms with van der Waals surface area (Å²) in [6, 6.07) is 0. The maximum atomic E-state index is 10.2. The Morgan fingerprint density at radius 1 is 0.800 bits per heavy atom. The Morgan fingerprint density at radius 2 is 1.30 bits per heavy atom. The topological polar surface area (TPSA) is 32.3 Å². The van der Waals surface area contributed by atoms with E-state index < -0.39 is 0 Å². The summed E-state index contributed by atoms with van der Waals surface area (Å²) in [4.78, 5) is 0. The Bertz CT molecular complexity index is 446. The molecule has 30 heavy (non-hydrogen) atoms. The second-order valence-electron chi connectivity index (χ2n) is 9.37. The van der Waals surface area contributed by atoms with Gasteiger partial charge in [-0.2, -0.15) is 0 Å². The van der Waals surface area contributed by atoms with Crippen molar-refractivity contribution in [2.24, 2.45) is 0 Å². The summed E-state index contributed by atoms with van der Waals surface area (Å²) in [5.41, 5.74) is 0. The summed E-state index contributed by atoms with van der Waals surface area (Å²) in [6.45, 7) is 7.31. The number of allylic oxidation sites excluding steroid dienone is 2. The smallest absolute Gasteiger partial charge is 0.193 e. The lowest BCUT2D eigenvalue weighted by atomic mass is 10.1. The van der Waals surface area contributed by atoms with Crippen LogP contribution in [0.1, 0.15) is 130 Å². The van der Waals surface area contributed by atoms with E-state index in [4.69, 9.17) is 0 Å². The third-order valence-corrected chi connectivity index (χ3v) is 6.95. The fourth-order valence-corrected chi connectivity index (χ4v) is 4.77. The zero-order valence-electron chi connectivity index (χ0n) is 20.6. The number of hydrogen-bond acceptors (Lipinski definition) is 2. The highest BCUT2D eigenvalue weighted by Gasteiger charge is 2.40. The monoisotopic (exact) mass is 421 g/mol. The summed E-state index contributed by atoms with van der Waals surface area (Å²) < 4.78 is 0.672. The van der Waals surface area contributed by atoms with Crippen molar-refractivity contribution in [2.45, 2.75) is 142 Å². The standard InChI is InChI=1S/C27H53N2O/c1-4-6-7-8-9-10-11-12-13-14-15-16-17-18-19-20-21-22-23-27-28-24-25-29(27,5-2)26(3)30/h14-15,24-28,30H,4-13,16-23H2,1-3H3/q+1/b15-14+. The number of rotatable bonds is 20. The van der Waals surface area contributed by atoms with E-state index in [1.54, 1.807) is 0 Å². The maximum absolute atomic E-state index is 10.2. The van der Waals surface area contributed by atoms with Crippen LogP contribution in [-0.4, -0.2) is 28.5 Å². The molecule has 3 heteroatoms. The van der Waals surface area contributed by atoms with E-state index in [2.05, 4.69) is 37.5 Å². The van der Waals surface area contributed by atoms with Gasteiger partial charge in [-0.25, -0.2) is 0 Å². The first kappa shape index (κ1) is 27.2. The lowest BCUT2D eigenvalue weighted by Gasteiger charge is -2.39. The fourth-order valence-electron chi connectivity index (χ4n) is 4.77. The molecule has 3 atom stereocenters. The first-order valence-electron chi connectivity index (χ1n) is 13.3. The minimum Gasteiger partial charge on any atom is -0.345 e. The van der Waals surface area contributed by atoms with Crippen molar-refractivity contribution in [1.82, 2.24) is 5.32 Å². The molecule has 0 spiro atoms. The molecule has 0 aromatic carbocycles. The third kappa shape index (κ3) is 11.0. The van der Waals surface area contributed by atoms with E-state index in [1.807, 2.05) is 13.1 Å². The van der Waals surface area contributed by atoms with Gasteiger partial charge in [0.25, 0.3) is 0 Å². The molecule has 1 aliphatic rings. The summed E-state index contributed by atoms with van der Waals surface area (Å²) in [7, 11) is 0. The Hall–Kier alpha value is -0.800. The highest BCUT2D eigenvalue weighted by atomic mass is 16.3. The van der Waals surface area contributed by atoms with Crippen molar-refractivity contribution in [2.75, 3.05) is 6.54 Å². The Morgan fingerprint density at radius 3 is 1.80 bits per heavy atom. The second-order valence-corrected chi connectivity index (χ2v) is 9.37. The number of quaternary nitrogens is 1. The van der Waals surface area contributed by atoms with Crippen molar-refractivity contribution in [3.63, 3.8) is 0 Å². The van der Waals surface area contributed by atoms with E-state index in [1.165, 1.54) is 103 Å². The van der Waals surface area contributed by atoms with Crippen LogP contribution in [0.2, 0.25) is 0 Å².